The maximum Gasteiger partial charge on any atom is 0.129 e. The van der Waals surface area contributed by atoms with Crippen LogP contribution in [0.1, 0.15) is 23.1 Å². The van der Waals surface area contributed by atoms with Crippen LogP contribution in [0.3, 0.4) is 0 Å². The average molecular weight is 190 g/mol. The summed E-state index contributed by atoms with van der Waals surface area (Å²) in [6.07, 6.45) is 3.63. The molecule has 14 heavy (non-hydrogen) atoms. The predicted octanol–water partition coefficient (Wildman–Crippen LogP) is 2.22. The highest BCUT2D eigenvalue weighted by molar-refractivity contribution is 5.26. The second-order valence-corrected chi connectivity index (χ2v) is 3.32. The molecule has 0 aliphatic rings. The van der Waals surface area contributed by atoms with Crippen LogP contribution in [0.5, 0.6) is 0 Å². The summed E-state index contributed by atoms with van der Waals surface area (Å²) < 4.78 is 5.46. The van der Waals surface area contributed by atoms with Gasteiger partial charge in [0.05, 0.1) is 6.26 Å². The van der Waals surface area contributed by atoms with Crippen LogP contribution in [-0.4, -0.2) is 12.0 Å². The zero-order valence-corrected chi connectivity index (χ0v) is 8.37. The van der Waals surface area contributed by atoms with Crippen molar-refractivity contribution in [3.63, 3.8) is 0 Å². The Bertz CT molecular complexity index is 389. The molecular formula is C11H14N2O. The standard InChI is InChI=1S/C11H14N2O/c1-8-5-7-14-11(8)10(12-2)9-4-3-6-13-9/h3-7,10,12-13H,1-2H3. The lowest BCUT2D eigenvalue weighted by Gasteiger charge is -2.12. The van der Waals surface area contributed by atoms with Gasteiger partial charge in [0, 0.05) is 11.9 Å². The van der Waals surface area contributed by atoms with Crippen molar-refractivity contribution in [1.29, 1.82) is 0 Å². The van der Waals surface area contributed by atoms with E-state index in [9.17, 15) is 0 Å². The van der Waals surface area contributed by atoms with Crippen molar-refractivity contribution in [1.82, 2.24) is 10.3 Å². The Hall–Kier alpha value is -1.48. The minimum atomic E-state index is 0.111. The van der Waals surface area contributed by atoms with Gasteiger partial charge in [-0.1, -0.05) is 0 Å². The van der Waals surface area contributed by atoms with E-state index in [0.29, 0.717) is 0 Å². The van der Waals surface area contributed by atoms with E-state index in [1.54, 1.807) is 6.26 Å². The molecule has 0 aliphatic carbocycles. The fourth-order valence-electron chi connectivity index (χ4n) is 1.63. The third-order valence-corrected chi connectivity index (χ3v) is 2.39. The SMILES string of the molecule is CNC(c1ccc[nH]1)c1occc1C. The highest BCUT2D eigenvalue weighted by Crippen LogP contribution is 2.23. The summed E-state index contributed by atoms with van der Waals surface area (Å²) in [5, 5.41) is 3.22. The number of furan rings is 1. The van der Waals surface area contributed by atoms with E-state index >= 15 is 0 Å². The third-order valence-electron chi connectivity index (χ3n) is 2.39. The Morgan fingerprint density at radius 3 is 2.79 bits per heavy atom. The first-order chi connectivity index (χ1) is 6.83. The Labute approximate surface area is 83.1 Å². The molecule has 0 saturated heterocycles. The number of hydrogen-bond donors (Lipinski definition) is 2. The summed E-state index contributed by atoms with van der Waals surface area (Å²) in [6, 6.07) is 6.11. The molecule has 1 unspecified atom stereocenters. The van der Waals surface area contributed by atoms with Gasteiger partial charge in [-0.25, -0.2) is 0 Å². The second-order valence-electron chi connectivity index (χ2n) is 3.32. The van der Waals surface area contributed by atoms with Crippen LogP contribution in [0.4, 0.5) is 0 Å². The fraction of sp³-hybridized carbons (Fsp3) is 0.273. The fourth-order valence-corrected chi connectivity index (χ4v) is 1.63. The smallest absolute Gasteiger partial charge is 0.129 e. The molecule has 74 valence electrons. The first kappa shape index (κ1) is 9.09. The number of H-pyrrole nitrogens is 1. The minimum Gasteiger partial charge on any atom is -0.467 e. The second kappa shape index (κ2) is 3.72. The van der Waals surface area contributed by atoms with E-state index in [-0.39, 0.29) is 6.04 Å². The van der Waals surface area contributed by atoms with Gasteiger partial charge in [-0.15, -0.1) is 0 Å². The van der Waals surface area contributed by atoms with E-state index < -0.39 is 0 Å². The van der Waals surface area contributed by atoms with Gasteiger partial charge in [0.15, 0.2) is 0 Å². The van der Waals surface area contributed by atoms with E-state index in [0.717, 1.165) is 11.5 Å². The van der Waals surface area contributed by atoms with Crippen LogP contribution in [0.25, 0.3) is 0 Å². The Morgan fingerprint density at radius 2 is 2.29 bits per heavy atom. The lowest BCUT2D eigenvalue weighted by molar-refractivity contribution is 0.456. The lowest BCUT2D eigenvalue weighted by Crippen LogP contribution is -2.18. The van der Waals surface area contributed by atoms with Crippen molar-refractivity contribution in [3.05, 3.63) is 47.7 Å². The van der Waals surface area contributed by atoms with Crippen molar-refractivity contribution < 1.29 is 4.42 Å². The van der Waals surface area contributed by atoms with E-state index in [4.69, 9.17) is 4.42 Å². The van der Waals surface area contributed by atoms with Crippen molar-refractivity contribution in [2.75, 3.05) is 7.05 Å². The average Bonchev–Trinajstić information content (AvgIpc) is 2.80. The molecule has 3 nitrogen and oxygen atoms in total. The quantitative estimate of drug-likeness (QED) is 0.779. The first-order valence-electron chi connectivity index (χ1n) is 4.67. The van der Waals surface area contributed by atoms with Crippen molar-refractivity contribution in [2.45, 2.75) is 13.0 Å². The van der Waals surface area contributed by atoms with Gasteiger partial charge in [0.25, 0.3) is 0 Å². The maximum atomic E-state index is 5.46. The molecular weight excluding hydrogens is 176 g/mol. The van der Waals surface area contributed by atoms with Gasteiger partial charge >= 0.3 is 0 Å². The zero-order chi connectivity index (χ0) is 9.97. The molecule has 0 amide bonds. The molecule has 1 atom stereocenters. The predicted molar refractivity (Wildman–Crippen MR) is 55.1 cm³/mol. The van der Waals surface area contributed by atoms with Crippen molar-refractivity contribution in [2.24, 2.45) is 0 Å². The van der Waals surface area contributed by atoms with Crippen molar-refractivity contribution >= 4 is 0 Å². The topological polar surface area (TPSA) is 41.0 Å². The van der Waals surface area contributed by atoms with Gasteiger partial charge in [-0.05, 0) is 37.7 Å². The van der Waals surface area contributed by atoms with Crippen LogP contribution < -0.4 is 5.32 Å². The Morgan fingerprint density at radius 1 is 1.43 bits per heavy atom. The van der Waals surface area contributed by atoms with E-state index in [1.807, 2.05) is 38.4 Å². The molecule has 2 heterocycles. The summed E-state index contributed by atoms with van der Waals surface area (Å²) in [7, 11) is 1.92. The molecule has 2 rings (SSSR count). The summed E-state index contributed by atoms with van der Waals surface area (Å²) in [5.41, 5.74) is 2.28. The molecule has 2 N–H and O–H groups in total. The Kier molecular flexibility index (Phi) is 2.41. The van der Waals surface area contributed by atoms with Gasteiger partial charge in [-0.3, -0.25) is 0 Å². The van der Waals surface area contributed by atoms with Gasteiger partial charge in [0.2, 0.25) is 0 Å². The number of hydrogen-bond acceptors (Lipinski definition) is 2. The van der Waals surface area contributed by atoms with Gasteiger partial charge in [-0.2, -0.15) is 0 Å². The lowest BCUT2D eigenvalue weighted by atomic mass is 10.1. The number of aromatic nitrogens is 1. The van der Waals surface area contributed by atoms with Crippen LogP contribution in [0.2, 0.25) is 0 Å². The first-order valence-corrected chi connectivity index (χ1v) is 4.67. The monoisotopic (exact) mass is 190 g/mol. The van der Waals surface area contributed by atoms with E-state index in [1.165, 1.54) is 5.56 Å². The normalized spacial score (nSPS) is 13.0. The molecule has 0 radical (unpaired) electrons. The molecule has 0 spiro atoms. The van der Waals surface area contributed by atoms with Gasteiger partial charge < -0.3 is 14.7 Å². The van der Waals surface area contributed by atoms with Crippen molar-refractivity contribution in [3.8, 4) is 0 Å². The highest BCUT2D eigenvalue weighted by atomic mass is 16.3. The largest absolute Gasteiger partial charge is 0.467 e. The number of aryl methyl sites for hydroxylation is 1. The van der Waals surface area contributed by atoms with Gasteiger partial charge in [0.1, 0.15) is 11.8 Å². The number of aromatic amines is 1. The molecule has 2 aromatic heterocycles. The maximum absolute atomic E-state index is 5.46. The zero-order valence-electron chi connectivity index (χ0n) is 8.37. The molecule has 0 bridgehead atoms. The summed E-state index contributed by atoms with van der Waals surface area (Å²) in [4.78, 5) is 3.18. The summed E-state index contributed by atoms with van der Waals surface area (Å²) in [5.74, 6) is 0.968. The molecule has 0 aliphatic heterocycles. The van der Waals surface area contributed by atoms with Crippen LogP contribution in [-0.2, 0) is 0 Å². The highest BCUT2D eigenvalue weighted by Gasteiger charge is 2.17. The molecule has 0 saturated carbocycles. The molecule has 3 heteroatoms. The Balaban J connectivity index is 2.36. The van der Waals surface area contributed by atoms with Crippen LogP contribution in [0.15, 0.2) is 35.1 Å². The summed E-state index contributed by atoms with van der Waals surface area (Å²) >= 11 is 0. The van der Waals surface area contributed by atoms with E-state index in [2.05, 4.69) is 10.3 Å². The number of nitrogens with one attached hydrogen (secondary N) is 2. The molecule has 0 fully saturated rings. The van der Waals surface area contributed by atoms with Crippen LogP contribution >= 0.6 is 0 Å². The summed E-state index contributed by atoms with van der Waals surface area (Å²) in [6.45, 7) is 2.05. The third kappa shape index (κ3) is 1.46. The minimum absolute atomic E-state index is 0.111. The number of rotatable bonds is 3. The van der Waals surface area contributed by atoms with Crippen LogP contribution in [0, 0.1) is 6.92 Å². The molecule has 0 aromatic carbocycles. The molecule has 2 aromatic rings.